The standard InChI is InChI=1S/C15H24N4O2.ClH/c1-14(2,16)10-17-12(20)15(3,4)19-13(21)18-11-8-6-5-7-9-11;/h5-9H,10,16H2,1-4H3,(H,17,20)(H2,18,19,21);1H. The zero-order chi connectivity index (χ0) is 16.1. The van der Waals surface area contributed by atoms with Crippen molar-refractivity contribution in [1.82, 2.24) is 10.6 Å². The van der Waals surface area contributed by atoms with Crippen molar-refractivity contribution in [3.63, 3.8) is 0 Å². The third-order valence-electron chi connectivity index (χ3n) is 2.73. The summed E-state index contributed by atoms with van der Waals surface area (Å²) in [7, 11) is 0. The fourth-order valence-corrected chi connectivity index (χ4v) is 1.55. The van der Waals surface area contributed by atoms with E-state index in [-0.39, 0.29) is 18.3 Å². The Hall–Kier alpha value is -1.79. The van der Waals surface area contributed by atoms with Crippen molar-refractivity contribution >= 4 is 30.0 Å². The second-order valence-electron chi connectivity index (χ2n) is 6.24. The summed E-state index contributed by atoms with van der Waals surface area (Å²) in [5, 5.41) is 8.03. The predicted molar refractivity (Wildman–Crippen MR) is 91.2 cm³/mol. The van der Waals surface area contributed by atoms with E-state index in [0.717, 1.165) is 0 Å². The molecule has 0 aliphatic heterocycles. The van der Waals surface area contributed by atoms with Gasteiger partial charge in [-0.3, -0.25) is 4.79 Å². The van der Waals surface area contributed by atoms with Crippen LogP contribution in [0.2, 0.25) is 0 Å². The zero-order valence-corrected chi connectivity index (χ0v) is 14.2. The minimum absolute atomic E-state index is 0. The van der Waals surface area contributed by atoms with Crippen LogP contribution >= 0.6 is 12.4 Å². The number of carbonyl (C=O) groups is 2. The second-order valence-corrected chi connectivity index (χ2v) is 6.24. The molecule has 0 spiro atoms. The first-order chi connectivity index (χ1) is 9.60. The fourth-order valence-electron chi connectivity index (χ4n) is 1.55. The second kappa shape index (κ2) is 8.00. The van der Waals surface area contributed by atoms with Crippen LogP contribution in [0.4, 0.5) is 10.5 Å². The molecule has 1 aromatic carbocycles. The number of carbonyl (C=O) groups excluding carboxylic acids is 2. The first kappa shape index (κ1) is 20.2. The molecule has 3 amide bonds. The highest BCUT2D eigenvalue weighted by Crippen LogP contribution is 2.07. The van der Waals surface area contributed by atoms with Crippen LogP contribution in [-0.4, -0.2) is 29.6 Å². The summed E-state index contributed by atoms with van der Waals surface area (Å²) in [5.41, 5.74) is 4.94. The Morgan fingerprint density at radius 2 is 1.64 bits per heavy atom. The van der Waals surface area contributed by atoms with Gasteiger partial charge in [0.2, 0.25) is 5.91 Å². The van der Waals surface area contributed by atoms with Crippen LogP contribution in [-0.2, 0) is 4.79 Å². The molecule has 1 rings (SSSR count). The zero-order valence-electron chi connectivity index (χ0n) is 13.4. The predicted octanol–water partition coefficient (Wildman–Crippen LogP) is 1.86. The van der Waals surface area contributed by atoms with Gasteiger partial charge in [-0.1, -0.05) is 18.2 Å². The molecule has 0 radical (unpaired) electrons. The number of anilines is 1. The minimum atomic E-state index is -1.04. The van der Waals surface area contributed by atoms with Crippen molar-refractivity contribution in [2.75, 3.05) is 11.9 Å². The van der Waals surface area contributed by atoms with Gasteiger partial charge in [-0.05, 0) is 39.8 Å². The summed E-state index contributed by atoms with van der Waals surface area (Å²) in [6.45, 7) is 7.23. The van der Waals surface area contributed by atoms with E-state index in [4.69, 9.17) is 5.73 Å². The van der Waals surface area contributed by atoms with Crippen molar-refractivity contribution < 1.29 is 9.59 Å². The average molecular weight is 329 g/mol. The Kier molecular flexibility index (Phi) is 7.35. The third kappa shape index (κ3) is 7.28. The van der Waals surface area contributed by atoms with Crippen molar-refractivity contribution in [2.24, 2.45) is 5.73 Å². The summed E-state index contributed by atoms with van der Waals surface area (Å²) in [5.74, 6) is -0.288. The lowest BCUT2D eigenvalue weighted by Crippen LogP contribution is -2.58. The maximum atomic E-state index is 12.1. The molecule has 0 aliphatic carbocycles. The molecular weight excluding hydrogens is 304 g/mol. The lowest BCUT2D eigenvalue weighted by molar-refractivity contribution is -0.126. The van der Waals surface area contributed by atoms with E-state index in [0.29, 0.717) is 12.2 Å². The van der Waals surface area contributed by atoms with Crippen LogP contribution in [0.25, 0.3) is 0 Å². The number of urea groups is 1. The molecule has 5 N–H and O–H groups in total. The van der Waals surface area contributed by atoms with E-state index in [2.05, 4.69) is 16.0 Å². The highest BCUT2D eigenvalue weighted by atomic mass is 35.5. The molecule has 0 bridgehead atoms. The Bertz CT molecular complexity index is 498. The van der Waals surface area contributed by atoms with Crippen LogP contribution in [0, 0.1) is 0 Å². The Labute approximate surface area is 137 Å². The highest BCUT2D eigenvalue weighted by Gasteiger charge is 2.30. The highest BCUT2D eigenvalue weighted by molar-refractivity contribution is 5.95. The van der Waals surface area contributed by atoms with Crippen molar-refractivity contribution in [2.45, 2.75) is 38.8 Å². The monoisotopic (exact) mass is 328 g/mol. The normalized spacial score (nSPS) is 11.1. The maximum Gasteiger partial charge on any atom is 0.320 e. The van der Waals surface area contributed by atoms with Crippen molar-refractivity contribution in [3.05, 3.63) is 30.3 Å². The van der Waals surface area contributed by atoms with Crippen LogP contribution in [0.3, 0.4) is 0 Å². The van der Waals surface area contributed by atoms with Gasteiger partial charge < -0.3 is 21.7 Å². The molecule has 6 nitrogen and oxygen atoms in total. The van der Waals surface area contributed by atoms with Gasteiger partial charge in [-0.15, -0.1) is 12.4 Å². The molecule has 1 aromatic rings. The van der Waals surface area contributed by atoms with Gasteiger partial charge in [0, 0.05) is 17.8 Å². The quantitative estimate of drug-likeness (QED) is 0.664. The van der Waals surface area contributed by atoms with Gasteiger partial charge in [0.15, 0.2) is 0 Å². The molecule has 0 saturated carbocycles. The number of hydrogen-bond acceptors (Lipinski definition) is 3. The SMILES string of the molecule is CC(C)(N)CNC(=O)C(C)(C)NC(=O)Nc1ccccc1.Cl. The largest absolute Gasteiger partial charge is 0.352 e. The first-order valence-corrected chi connectivity index (χ1v) is 6.81. The third-order valence-corrected chi connectivity index (χ3v) is 2.73. The Balaban J connectivity index is 0.00000441. The summed E-state index contributed by atoms with van der Waals surface area (Å²) in [6.07, 6.45) is 0. The molecule has 0 heterocycles. The molecule has 0 aliphatic rings. The van der Waals surface area contributed by atoms with Crippen LogP contribution < -0.4 is 21.7 Å². The number of nitrogens with one attached hydrogen (secondary N) is 3. The number of nitrogens with two attached hydrogens (primary N) is 1. The number of rotatable bonds is 5. The maximum absolute atomic E-state index is 12.1. The van der Waals surface area contributed by atoms with Crippen molar-refractivity contribution in [3.8, 4) is 0 Å². The van der Waals surface area contributed by atoms with E-state index in [1.807, 2.05) is 32.0 Å². The van der Waals surface area contributed by atoms with Gasteiger partial charge in [0.1, 0.15) is 5.54 Å². The van der Waals surface area contributed by atoms with Crippen LogP contribution in [0.1, 0.15) is 27.7 Å². The Morgan fingerprint density at radius 1 is 1.09 bits per heavy atom. The molecule has 7 heteroatoms. The minimum Gasteiger partial charge on any atom is -0.352 e. The Morgan fingerprint density at radius 3 is 2.14 bits per heavy atom. The summed E-state index contributed by atoms with van der Waals surface area (Å²) >= 11 is 0. The average Bonchev–Trinajstić information content (AvgIpc) is 2.35. The molecule has 0 atom stereocenters. The molecule has 0 aromatic heterocycles. The number of halogens is 1. The number of para-hydroxylation sites is 1. The lowest BCUT2D eigenvalue weighted by Gasteiger charge is -2.27. The van der Waals surface area contributed by atoms with Crippen LogP contribution in [0.5, 0.6) is 0 Å². The van der Waals surface area contributed by atoms with E-state index in [9.17, 15) is 9.59 Å². The van der Waals surface area contributed by atoms with Crippen molar-refractivity contribution in [1.29, 1.82) is 0 Å². The molecule has 0 unspecified atom stereocenters. The molecular formula is C15H25ClN4O2. The van der Waals surface area contributed by atoms with Gasteiger partial charge in [-0.25, -0.2) is 4.79 Å². The van der Waals surface area contributed by atoms with E-state index < -0.39 is 17.1 Å². The lowest BCUT2D eigenvalue weighted by atomic mass is 10.0. The topological polar surface area (TPSA) is 96.2 Å². The van der Waals surface area contributed by atoms with Gasteiger partial charge in [0.25, 0.3) is 0 Å². The summed E-state index contributed by atoms with van der Waals surface area (Å²) < 4.78 is 0. The van der Waals surface area contributed by atoms with E-state index in [1.54, 1.807) is 26.0 Å². The van der Waals surface area contributed by atoms with E-state index in [1.165, 1.54) is 0 Å². The van der Waals surface area contributed by atoms with E-state index >= 15 is 0 Å². The summed E-state index contributed by atoms with van der Waals surface area (Å²) in [6, 6.07) is 8.59. The smallest absolute Gasteiger partial charge is 0.320 e. The molecule has 124 valence electrons. The summed E-state index contributed by atoms with van der Waals surface area (Å²) in [4.78, 5) is 24.0. The number of hydrogen-bond donors (Lipinski definition) is 4. The number of benzene rings is 1. The molecule has 0 fully saturated rings. The first-order valence-electron chi connectivity index (χ1n) is 6.81. The van der Waals surface area contributed by atoms with Gasteiger partial charge >= 0.3 is 6.03 Å². The molecule has 0 saturated heterocycles. The van der Waals surface area contributed by atoms with Gasteiger partial charge in [-0.2, -0.15) is 0 Å². The molecule has 22 heavy (non-hydrogen) atoms. The number of amides is 3. The fraction of sp³-hybridized carbons (Fsp3) is 0.467. The van der Waals surface area contributed by atoms with Crippen LogP contribution in [0.15, 0.2) is 30.3 Å². The van der Waals surface area contributed by atoms with Gasteiger partial charge in [0.05, 0.1) is 0 Å².